The van der Waals surface area contributed by atoms with E-state index in [1.54, 1.807) is 55.7 Å². The Balaban J connectivity index is 0.000000199. The smallest absolute Gasteiger partial charge is 0.339 e. The molecule has 2 aromatic carbocycles. The molecule has 0 saturated carbocycles. The molecule has 0 radical (unpaired) electrons. The van der Waals surface area contributed by atoms with Crippen LogP contribution in [0.15, 0.2) is 77.5 Å². The van der Waals surface area contributed by atoms with Crippen molar-refractivity contribution in [3.8, 4) is 11.1 Å². The minimum atomic E-state index is -0.922. The van der Waals surface area contributed by atoms with E-state index < -0.39 is 5.97 Å². The Morgan fingerprint density at radius 2 is 1.67 bits per heavy atom. The number of carboxylic acid groups (broad SMARTS) is 1. The lowest BCUT2D eigenvalue weighted by atomic mass is 10.0. The van der Waals surface area contributed by atoms with Gasteiger partial charge in [-0.25, -0.2) is 9.59 Å². The van der Waals surface area contributed by atoms with E-state index in [4.69, 9.17) is 9.84 Å². The van der Waals surface area contributed by atoms with Crippen molar-refractivity contribution in [3.05, 3.63) is 88.7 Å². The molecule has 0 bridgehead atoms. The zero-order chi connectivity index (χ0) is 19.6. The van der Waals surface area contributed by atoms with Crippen LogP contribution in [0.25, 0.3) is 11.1 Å². The zero-order valence-corrected chi connectivity index (χ0v) is 16.2. The van der Waals surface area contributed by atoms with Crippen LogP contribution in [0.1, 0.15) is 27.6 Å². The Morgan fingerprint density at radius 1 is 1.00 bits per heavy atom. The molecule has 1 N–H and O–H groups in total. The molecular formula is C21H18BrNO4. The third kappa shape index (κ3) is 5.76. The fraction of sp³-hybridized carbons (Fsp3) is 0.0952. The number of nitrogens with zero attached hydrogens (tertiary/aromatic N) is 1. The quantitative estimate of drug-likeness (QED) is 0.587. The summed E-state index contributed by atoms with van der Waals surface area (Å²) in [5, 5.41) is 9.01. The summed E-state index contributed by atoms with van der Waals surface area (Å²) in [7, 11) is 0. The van der Waals surface area contributed by atoms with Gasteiger partial charge in [0.2, 0.25) is 0 Å². The van der Waals surface area contributed by atoms with Gasteiger partial charge in [-0.3, -0.25) is 4.98 Å². The lowest BCUT2D eigenvalue weighted by molar-refractivity contribution is 0.0524. The van der Waals surface area contributed by atoms with Crippen molar-refractivity contribution in [1.29, 1.82) is 0 Å². The van der Waals surface area contributed by atoms with Gasteiger partial charge in [-0.2, -0.15) is 0 Å². The van der Waals surface area contributed by atoms with Gasteiger partial charge in [-0.1, -0.05) is 36.4 Å². The standard InChI is InChI=1S/C12H9NO2.C9H9BrO2/c14-12(15)11-6-2-1-5-10(11)9-4-3-7-13-8-9;1-2-12-9(11)7-5-3-4-6-8(7)10/h1-8H,(H,14,15);3-6H,2H2,1H3. The highest BCUT2D eigenvalue weighted by atomic mass is 79.9. The summed E-state index contributed by atoms with van der Waals surface area (Å²) in [6.45, 7) is 2.19. The third-order valence-electron chi connectivity index (χ3n) is 3.50. The van der Waals surface area contributed by atoms with Crippen LogP contribution in [0, 0.1) is 0 Å². The topological polar surface area (TPSA) is 76.5 Å². The van der Waals surface area contributed by atoms with E-state index in [-0.39, 0.29) is 5.97 Å². The molecule has 3 rings (SSSR count). The van der Waals surface area contributed by atoms with Gasteiger partial charge in [0.05, 0.1) is 17.7 Å². The maximum absolute atomic E-state index is 11.2. The van der Waals surface area contributed by atoms with Crippen LogP contribution in [0.2, 0.25) is 0 Å². The van der Waals surface area contributed by atoms with Crippen molar-refractivity contribution in [1.82, 2.24) is 4.98 Å². The summed E-state index contributed by atoms with van der Waals surface area (Å²) in [6.07, 6.45) is 3.31. The van der Waals surface area contributed by atoms with Crippen molar-refractivity contribution in [2.75, 3.05) is 6.61 Å². The Hall–Kier alpha value is -2.99. The number of hydrogen-bond acceptors (Lipinski definition) is 4. The first-order valence-corrected chi connectivity index (χ1v) is 8.98. The number of carbonyl (C=O) groups excluding carboxylic acids is 1. The number of aromatic carboxylic acids is 1. The van der Waals surface area contributed by atoms with Gasteiger partial charge in [0.15, 0.2) is 0 Å². The second-order valence-electron chi connectivity index (χ2n) is 5.29. The number of aromatic nitrogens is 1. The van der Waals surface area contributed by atoms with Gasteiger partial charge >= 0.3 is 11.9 Å². The molecule has 1 aromatic heterocycles. The summed E-state index contributed by atoms with van der Waals surface area (Å²) < 4.78 is 5.61. The molecule has 0 spiro atoms. The number of benzene rings is 2. The number of ether oxygens (including phenoxy) is 1. The molecule has 27 heavy (non-hydrogen) atoms. The normalized spacial score (nSPS) is 9.70. The third-order valence-corrected chi connectivity index (χ3v) is 4.19. The van der Waals surface area contributed by atoms with Crippen LogP contribution in [-0.2, 0) is 4.74 Å². The summed E-state index contributed by atoms with van der Waals surface area (Å²) in [5.74, 6) is -1.21. The molecule has 0 aliphatic carbocycles. The van der Waals surface area contributed by atoms with Gasteiger partial charge in [0.25, 0.3) is 0 Å². The van der Waals surface area contributed by atoms with Crippen LogP contribution < -0.4 is 0 Å². The SMILES string of the molecule is CCOC(=O)c1ccccc1Br.O=C(O)c1ccccc1-c1cccnc1. The Bertz CT molecular complexity index is 913. The highest BCUT2D eigenvalue weighted by Crippen LogP contribution is 2.22. The van der Waals surface area contributed by atoms with Gasteiger partial charge in [-0.05, 0) is 52.7 Å². The van der Waals surface area contributed by atoms with Crippen LogP contribution in [0.5, 0.6) is 0 Å². The van der Waals surface area contributed by atoms with Gasteiger partial charge in [-0.15, -0.1) is 0 Å². The number of hydrogen-bond donors (Lipinski definition) is 1. The number of esters is 1. The zero-order valence-electron chi connectivity index (χ0n) is 14.6. The van der Waals surface area contributed by atoms with E-state index in [1.807, 2.05) is 24.3 Å². The summed E-state index contributed by atoms with van der Waals surface area (Å²) in [4.78, 5) is 26.2. The lowest BCUT2D eigenvalue weighted by Gasteiger charge is -2.04. The predicted molar refractivity (Wildman–Crippen MR) is 107 cm³/mol. The Morgan fingerprint density at radius 3 is 2.26 bits per heavy atom. The van der Waals surface area contributed by atoms with Crippen molar-refractivity contribution in [2.45, 2.75) is 6.92 Å². The first-order valence-electron chi connectivity index (χ1n) is 8.19. The molecular weight excluding hydrogens is 410 g/mol. The van der Waals surface area contributed by atoms with Gasteiger partial charge < -0.3 is 9.84 Å². The van der Waals surface area contributed by atoms with Gasteiger partial charge in [0.1, 0.15) is 0 Å². The minimum Gasteiger partial charge on any atom is -0.478 e. The second kappa shape index (κ2) is 10.2. The average Bonchev–Trinajstić information content (AvgIpc) is 2.69. The molecule has 0 aliphatic heterocycles. The number of pyridine rings is 1. The number of halogens is 1. The fourth-order valence-corrected chi connectivity index (χ4v) is 2.73. The molecule has 0 amide bonds. The van der Waals surface area contributed by atoms with E-state index in [1.165, 1.54) is 0 Å². The molecule has 0 atom stereocenters. The summed E-state index contributed by atoms with van der Waals surface area (Å²) in [6, 6.07) is 17.7. The maximum atomic E-state index is 11.2. The lowest BCUT2D eigenvalue weighted by Crippen LogP contribution is -2.04. The number of rotatable bonds is 4. The van der Waals surface area contributed by atoms with E-state index in [2.05, 4.69) is 20.9 Å². The fourth-order valence-electron chi connectivity index (χ4n) is 2.28. The molecule has 5 nitrogen and oxygen atoms in total. The van der Waals surface area contributed by atoms with E-state index in [0.29, 0.717) is 23.3 Å². The highest BCUT2D eigenvalue weighted by molar-refractivity contribution is 9.10. The Kier molecular flexibility index (Phi) is 7.70. The van der Waals surface area contributed by atoms with Crippen molar-refractivity contribution in [2.24, 2.45) is 0 Å². The van der Waals surface area contributed by atoms with Crippen LogP contribution in [0.4, 0.5) is 0 Å². The highest BCUT2D eigenvalue weighted by Gasteiger charge is 2.10. The predicted octanol–water partition coefficient (Wildman–Crippen LogP) is 5.07. The monoisotopic (exact) mass is 427 g/mol. The van der Waals surface area contributed by atoms with Crippen molar-refractivity contribution >= 4 is 27.9 Å². The average molecular weight is 428 g/mol. The van der Waals surface area contributed by atoms with Crippen LogP contribution >= 0.6 is 15.9 Å². The molecule has 0 unspecified atom stereocenters. The van der Waals surface area contributed by atoms with E-state index in [0.717, 1.165) is 10.0 Å². The second-order valence-corrected chi connectivity index (χ2v) is 6.15. The summed E-state index contributed by atoms with van der Waals surface area (Å²) in [5.41, 5.74) is 2.37. The van der Waals surface area contributed by atoms with Crippen LogP contribution in [0.3, 0.4) is 0 Å². The first-order chi connectivity index (χ1) is 13.0. The molecule has 3 aromatic rings. The number of carbonyl (C=O) groups is 2. The first kappa shape index (κ1) is 20.3. The molecule has 0 aliphatic rings. The Labute approximate surface area is 165 Å². The van der Waals surface area contributed by atoms with Crippen LogP contribution in [-0.4, -0.2) is 28.6 Å². The molecule has 6 heteroatoms. The van der Waals surface area contributed by atoms with Gasteiger partial charge in [0, 0.05) is 22.4 Å². The van der Waals surface area contributed by atoms with Crippen molar-refractivity contribution < 1.29 is 19.4 Å². The van der Waals surface area contributed by atoms with E-state index in [9.17, 15) is 9.59 Å². The summed E-state index contributed by atoms with van der Waals surface area (Å²) >= 11 is 3.27. The molecule has 0 fully saturated rings. The number of carboxylic acids is 1. The minimum absolute atomic E-state index is 0.287. The largest absolute Gasteiger partial charge is 0.478 e. The maximum Gasteiger partial charge on any atom is 0.339 e. The molecule has 0 saturated heterocycles. The van der Waals surface area contributed by atoms with Crippen molar-refractivity contribution in [3.63, 3.8) is 0 Å². The molecule has 1 heterocycles. The molecule has 138 valence electrons. The van der Waals surface area contributed by atoms with E-state index >= 15 is 0 Å².